The van der Waals surface area contributed by atoms with Gasteiger partial charge in [0.15, 0.2) is 11.6 Å². The first-order valence-corrected chi connectivity index (χ1v) is 4.91. The summed E-state index contributed by atoms with van der Waals surface area (Å²) in [6, 6.07) is 6.29. The maximum Gasteiger partial charge on any atom is 0.177 e. The summed E-state index contributed by atoms with van der Waals surface area (Å²) in [6.45, 7) is 0.883. The molecule has 84 valence electrons. The van der Waals surface area contributed by atoms with Crippen molar-refractivity contribution in [1.29, 1.82) is 0 Å². The molecule has 2 N–H and O–H groups in total. The zero-order chi connectivity index (χ0) is 11.4. The molecular weight excluding hydrogens is 209 g/mol. The van der Waals surface area contributed by atoms with E-state index in [1.807, 2.05) is 12.3 Å². The Kier molecular flexibility index (Phi) is 3.05. The van der Waals surface area contributed by atoms with E-state index in [0.717, 1.165) is 0 Å². The molecule has 0 aliphatic rings. The van der Waals surface area contributed by atoms with Crippen LogP contribution < -0.4 is 10.5 Å². The van der Waals surface area contributed by atoms with Gasteiger partial charge in [0, 0.05) is 12.4 Å². The monoisotopic (exact) mass is 221 g/mol. The van der Waals surface area contributed by atoms with Gasteiger partial charge >= 0.3 is 0 Å². The third-order valence-electron chi connectivity index (χ3n) is 2.12. The summed E-state index contributed by atoms with van der Waals surface area (Å²) in [4.78, 5) is 0. The fraction of sp³-hybridized carbons (Fsp3) is 0.182. The number of benzene rings is 1. The molecule has 0 aliphatic carbocycles. The predicted molar refractivity (Wildman–Crippen MR) is 58.5 cm³/mol. The molecule has 16 heavy (non-hydrogen) atoms. The number of para-hydroxylation sites is 1. The number of halogens is 1. The Balaban J connectivity index is 1.95. The van der Waals surface area contributed by atoms with Gasteiger partial charge in [0.05, 0.1) is 12.2 Å². The van der Waals surface area contributed by atoms with Crippen molar-refractivity contribution >= 4 is 5.69 Å². The molecule has 5 heteroatoms. The van der Waals surface area contributed by atoms with Crippen molar-refractivity contribution in [2.45, 2.75) is 6.54 Å². The Bertz CT molecular complexity index is 436. The van der Waals surface area contributed by atoms with Crippen molar-refractivity contribution < 1.29 is 9.13 Å². The standard InChI is InChI=1S/C11H12FN3O/c12-9-3-1-4-10(13)11(9)16-8-7-15-6-2-5-14-15/h1-6H,7-8,13H2. The number of hydrogen-bond acceptors (Lipinski definition) is 3. The molecule has 2 aromatic rings. The van der Waals surface area contributed by atoms with E-state index in [4.69, 9.17) is 10.5 Å². The van der Waals surface area contributed by atoms with Crippen LogP contribution in [0.3, 0.4) is 0 Å². The van der Waals surface area contributed by atoms with Gasteiger partial charge in [-0.15, -0.1) is 0 Å². The summed E-state index contributed by atoms with van der Waals surface area (Å²) in [5.74, 6) is -0.338. The molecule has 0 spiro atoms. The minimum atomic E-state index is -0.444. The minimum absolute atomic E-state index is 0.106. The van der Waals surface area contributed by atoms with Crippen LogP contribution in [0, 0.1) is 5.82 Å². The summed E-state index contributed by atoms with van der Waals surface area (Å²) >= 11 is 0. The SMILES string of the molecule is Nc1cccc(F)c1OCCn1cccn1. The lowest BCUT2D eigenvalue weighted by Gasteiger charge is -2.09. The Labute approximate surface area is 92.4 Å². The van der Waals surface area contributed by atoms with Crippen LogP contribution in [0.2, 0.25) is 0 Å². The van der Waals surface area contributed by atoms with E-state index in [9.17, 15) is 4.39 Å². The summed E-state index contributed by atoms with van der Waals surface area (Å²) in [5.41, 5.74) is 5.90. The molecule has 0 fully saturated rings. The van der Waals surface area contributed by atoms with E-state index in [1.54, 1.807) is 23.0 Å². The highest BCUT2D eigenvalue weighted by Gasteiger charge is 2.06. The maximum absolute atomic E-state index is 13.3. The van der Waals surface area contributed by atoms with Gasteiger partial charge in [-0.1, -0.05) is 6.07 Å². The number of nitrogen functional groups attached to an aromatic ring is 1. The molecule has 0 unspecified atom stereocenters. The molecule has 0 radical (unpaired) electrons. The molecule has 4 nitrogen and oxygen atoms in total. The topological polar surface area (TPSA) is 53.1 Å². The quantitative estimate of drug-likeness (QED) is 0.799. The average molecular weight is 221 g/mol. The molecule has 1 aromatic carbocycles. The van der Waals surface area contributed by atoms with Gasteiger partial charge < -0.3 is 10.5 Å². The van der Waals surface area contributed by atoms with E-state index < -0.39 is 5.82 Å². The largest absolute Gasteiger partial charge is 0.486 e. The molecule has 1 aromatic heterocycles. The smallest absolute Gasteiger partial charge is 0.177 e. The van der Waals surface area contributed by atoms with Crippen LogP contribution in [-0.4, -0.2) is 16.4 Å². The van der Waals surface area contributed by atoms with E-state index >= 15 is 0 Å². The van der Waals surface area contributed by atoms with E-state index in [0.29, 0.717) is 18.8 Å². The van der Waals surface area contributed by atoms with Gasteiger partial charge in [-0.25, -0.2) is 4.39 Å². The molecule has 2 rings (SSSR count). The third kappa shape index (κ3) is 2.31. The van der Waals surface area contributed by atoms with Crippen LogP contribution >= 0.6 is 0 Å². The number of nitrogens with zero attached hydrogens (tertiary/aromatic N) is 2. The Morgan fingerprint density at radius 1 is 1.38 bits per heavy atom. The van der Waals surface area contributed by atoms with Crippen LogP contribution in [0.1, 0.15) is 0 Å². The normalized spacial score (nSPS) is 10.3. The highest BCUT2D eigenvalue weighted by molar-refractivity contribution is 5.52. The highest BCUT2D eigenvalue weighted by atomic mass is 19.1. The number of hydrogen-bond donors (Lipinski definition) is 1. The fourth-order valence-corrected chi connectivity index (χ4v) is 1.35. The zero-order valence-corrected chi connectivity index (χ0v) is 8.64. The molecule has 0 saturated carbocycles. The summed E-state index contributed by atoms with van der Waals surface area (Å²) < 4.78 is 20.3. The first kappa shape index (κ1) is 10.5. The van der Waals surface area contributed by atoms with Gasteiger partial charge in [0.1, 0.15) is 6.61 Å². The van der Waals surface area contributed by atoms with Crippen LogP contribution in [0.5, 0.6) is 5.75 Å². The molecule has 0 aliphatic heterocycles. The minimum Gasteiger partial charge on any atom is -0.486 e. The second-order valence-electron chi connectivity index (χ2n) is 3.28. The lowest BCUT2D eigenvalue weighted by molar-refractivity contribution is 0.280. The molecular formula is C11H12FN3O. The second-order valence-corrected chi connectivity index (χ2v) is 3.28. The summed E-state index contributed by atoms with van der Waals surface area (Å²) in [6.07, 6.45) is 3.49. The predicted octanol–water partition coefficient (Wildman–Crippen LogP) is 1.68. The molecule has 0 bridgehead atoms. The summed E-state index contributed by atoms with van der Waals surface area (Å²) in [5, 5.41) is 4.00. The zero-order valence-electron chi connectivity index (χ0n) is 8.64. The molecule has 0 saturated heterocycles. The lowest BCUT2D eigenvalue weighted by atomic mass is 10.3. The van der Waals surface area contributed by atoms with Gasteiger partial charge in [-0.3, -0.25) is 4.68 Å². The van der Waals surface area contributed by atoms with Crippen molar-refractivity contribution in [2.75, 3.05) is 12.3 Å². The third-order valence-corrected chi connectivity index (χ3v) is 2.12. The maximum atomic E-state index is 13.3. The first-order valence-electron chi connectivity index (χ1n) is 4.91. The van der Waals surface area contributed by atoms with Crippen molar-refractivity contribution in [3.63, 3.8) is 0 Å². The van der Waals surface area contributed by atoms with E-state index in [-0.39, 0.29) is 5.75 Å². The van der Waals surface area contributed by atoms with Crippen LogP contribution in [-0.2, 0) is 6.54 Å². The van der Waals surface area contributed by atoms with Gasteiger partial charge in [-0.05, 0) is 18.2 Å². The van der Waals surface area contributed by atoms with Crippen molar-refractivity contribution in [1.82, 2.24) is 9.78 Å². The van der Waals surface area contributed by atoms with Gasteiger partial charge in [-0.2, -0.15) is 5.10 Å². The van der Waals surface area contributed by atoms with E-state index in [2.05, 4.69) is 5.10 Å². The van der Waals surface area contributed by atoms with E-state index in [1.165, 1.54) is 6.07 Å². The fourth-order valence-electron chi connectivity index (χ4n) is 1.35. The number of aromatic nitrogens is 2. The van der Waals surface area contributed by atoms with Gasteiger partial charge in [0.2, 0.25) is 0 Å². The second kappa shape index (κ2) is 4.65. The average Bonchev–Trinajstić information content (AvgIpc) is 2.75. The van der Waals surface area contributed by atoms with Crippen molar-refractivity contribution in [3.8, 4) is 5.75 Å². The number of anilines is 1. The number of rotatable bonds is 4. The van der Waals surface area contributed by atoms with Crippen molar-refractivity contribution in [2.24, 2.45) is 0 Å². The van der Waals surface area contributed by atoms with Gasteiger partial charge in [0.25, 0.3) is 0 Å². The highest BCUT2D eigenvalue weighted by Crippen LogP contribution is 2.24. The van der Waals surface area contributed by atoms with Crippen LogP contribution in [0.4, 0.5) is 10.1 Å². The van der Waals surface area contributed by atoms with Crippen LogP contribution in [0.15, 0.2) is 36.7 Å². The Morgan fingerprint density at radius 2 is 2.25 bits per heavy atom. The number of nitrogens with two attached hydrogens (primary N) is 1. The number of ether oxygens (including phenoxy) is 1. The van der Waals surface area contributed by atoms with Crippen molar-refractivity contribution in [3.05, 3.63) is 42.5 Å². The molecule has 0 amide bonds. The molecule has 1 heterocycles. The first-order chi connectivity index (χ1) is 7.77. The Hall–Kier alpha value is -2.04. The lowest BCUT2D eigenvalue weighted by Crippen LogP contribution is -2.10. The Morgan fingerprint density at radius 3 is 2.94 bits per heavy atom. The molecule has 0 atom stereocenters. The van der Waals surface area contributed by atoms with Crippen LogP contribution in [0.25, 0.3) is 0 Å². The summed E-state index contributed by atoms with van der Waals surface area (Å²) in [7, 11) is 0.